The Morgan fingerprint density at radius 2 is 1.55 bits per heavy atom. The molecule has 0 aromatic heterocycles. The molecule has 0 unspecified atom stereocenters. The molecule has 2 fully saturated rings. The fourth-order valence-electron chi connectivity index (χ4n) is 3.86. The first-order chi connectivity index (χ1) is 10.6. The number of hydrogen-bond acceptors (Lipinski definition) is 4. The number of benzene rings is 1. The quantitative estimate of drug-likeness (QED) is 0.515. The lowest BCUT2D eigenvalue weighted by Gasteiger charge is -2.37. The number of phenolic OH excluding ortho intramolecular Hbond substituents is 1. The second-order valence-corrected chi connectivity index (χ2v) is 6.17. The van der Waals surface area contributed by atoms with Crippen LogP contribution in [0.2, 0.25) is 0 Å². The van der Waals surface area contributed by atoms with Crippen molar-refractivity contribution in [2.24, 2.45) is 28.8 Å². The Kier molecular flexibility index (Phi) is 2.89. The lowest BCUT2D eigenvalue weighted by molar-refractivity contribution is -0.140. The Morgan fingerprint density at radius 3 is 2.05 bits per heavy atom. The van der Waals surface area contributed by atoms with Crippen LogP contribution in [-0.2, 0) is 9.59 Å². The van der Waals surface area contributed by atoms with Crippen molar-refractivity contribution < 1.29 is 14.7 Å². The van der Waals surface area contributed by atoms with E-state index in [9.17, 15) is 14.7 Å². The molecule has 2 bridgehead atoms. The molecule has 5 rings (SSSR count). The maximum atomic E-state index is 12.5. The van der Waals surface area contributed by atoms with Crippen molar-refractivity contribution in [3.05, 3.63) is 42.0 Å². The number of fused-ring (bicyclic) bond motifs is 1. The van der Waals surface area contributed by atoms with Gasteiger partial charge < -0.3 is 5.11 Å². The Labute approximate surface area is 127 Å². The van der Waals surface area contributed by atoms with Gasteiger partial charge in [0.1, 0.15) is 5.75 Å². The SMILES string of the molecule is O=C1[C@@H]2[C@H](C(=O)N1/N=C\c1ccc(O)cc1)[C@@H]1C=C[C@H]2CC1. The number of amides is 2. The number of phenols is 1. The van der Waals surface area contributed by atoms with Gasteiger partial charge in [-0.1, -0.05) is 12.2 Å². The highest BCUT2D eigenvalue weighted by atomic mass is 16.3. The summed E-state index contributed by atoms with van der Waals surface area (Å²) in [4.78, 5) is 25.1. The van der Waals surface area contributed by atoms with Gasteiger partial charge in [0.05, 0.1) is 18.1 Å². The predicted octanol–water partition coefficient (Wildman–Crippen LogP) is 1.92. The molecule has 5 heteroatoms. The highest BCUT2D eigenvalue weighted by molar-refractivity contribution is 6.06. The number of hydrazone groups is 1. The smallest absolute Gasteiger partial charge is 0.254 e. The van der Waals surface area contributed by atoms with Crippen molar-refractivity contribution in [1.82, 2.24) is 5.01 Å². The first-order valence-electron chi connectivity index (χ1n) is 7.54. The predicted molar refractivity (Wildman–Crippen MR) is 79.9 cm³/mol. The minimum atomic E-state index is -0.229. The van der Waals surface area contributed by atoms with E-state index in [1.807, 2.05) is 0 Å². The molecule has 22 heavy (non-hydrogen) atoms. The van der Waals surface area contributed by atoms with Crippen LogP contribution in [0.4, 0.5) is 0 Å². The molecule has 5 nitrogen and oxygen atoms in total. The van der Waals surface area contributed by atoms with Crippen LogP contribution in [0, 0.1) is 23.7 Å². The number of nitrogens with zero attached hydrogens (tertiary/aromatic N) is 2. The van der Waals surface area contributed by atoms with Crippen molar-refractivity contribution in [3.63, 3.8) is 0 Å². The fourth-order valence-corrected chi connectivity index (χ4v) is 3.86. The topological polar surface area (TPSA) is 70.0 Å². The van der Waals surface area contributed by atoms with Gasteiger partial charge >= 0.3 is 0 Å². The Hall–Kier alpha value is -2.43. The minimum absolute atomic E-state index is 0.166. The largest absolute Gasteiger partial charge is 0.508 e. The zero-order valence-electron chi connectivity index (χ0n) is 11.9. The third-order valence-corrected chi connectivity index (χ3v) is 4.95. The third kappa shape index (κ3) is 1.89. The molecule has 1 saturated carbocycles. The molecule has 1 saturated heterocycles. The van der Waals surface area contributed by atoms with Crippen LogP contribution in [0.3, 0.4) is 0 Å². The second-order valence-electron chi connectivity index (χ2n) is 6.17. The fraction of sp³-hybridized carbons (Fsp3) is 0.353. The van der Waals surface area contributed by atoms with Crippen LogP contribution in [0.1, 0.15) is 18.4 Å². The number of carbonyl (C=O) groups is 2. The van der Waals surface area contributed by atoms with Crippen LogP contribution in [-0.4, -0.2) is 28.1 Å². The summed E-state index contributed by atoms with van der Waals surface area (Å²) < 4.78 is 0. The maximum absolute atomic E-state index is 12.5. The minimum Gasteiger partial charge on any atom is -0.508 e. The number of aromatic hydroxyl groups is 1. The summed E-state index contributed by atoms with van der Waals surface area (Å²) in [5, 5.41) is 14.4. The molecule has 1 heterocycles. The van der Waals surface area contributed by atoms with Gasteiger partial charge in [-0.15, -0.1) is 0 Å². The molecule has 0 spiro atoms. The van der Waals surface area contributed by atoms with Gasteiger partial charge in [-0.05, 0) is 54.5 Å². The molecule has 4 atom stereocenters. The molecule has 4 aliphatic rings. The number of imide groups is 1. The summed E-state index contributed by atoms with van der Waals surface area (Å²) in [7, 11) is 0. The van der Waals surface area contributed by atoms with Crippen LogP contribution < -0.4 is 0 Å². The molecule has 2 amide bonds. The maximum Gasteiger partial charge on any atom is 0.254 e. The van der Waals surface area contributed by atoms with E-state index in [1.54, 1.807) is 24.3 Å². The van der Waals surface area contributed by atoms with Crippen LogP contribution in [0.25, 0.3) is 0 Å². The summed E-state index contributed by atoms with van der Waals surface area (Å²) in [5.41, 5.74) is 0.731. The van der Waals surface area contributed by atoms with Crippen molar-refractivity contribution in [3.8, 4) is 5.75 Å². The molecule has 1 N–H and O–H groups in total. The van der Waals surface area contributed by atoms with Gasteiger partial charge in [0.25, 0.3) is 11.8 Å². The summed E-state index contributed by atoms with van der Waals surface area (Å²) in [6.45, 7) is 0. The molecular weight excluding hydrogens is 280 g/mol. The average Bonchev–Trinajstić information content (AvgIpc) is 2.82. The Bertz CT molecular complexity index is 660. The van der Waals surface area contributed by atoms with Gasteiger partial charge in [0, 0.05) is 0 Å². The van der Waals surface area contributed by atoms with Gasteiger partial charge in [-0.25, -0.2) is 0 Å². The summed E-state index contributed by atoms with van der Waals surface area (Å²) in [6, 6.07) is 6.45. The zero-order valence-corrected chi connectivity index (χ0v) is 11.9. The van der Waals surface area contributed by atoms with Crippen molar-refractivity contribution >= 4 is 18.0 Å². The van der Waals surface area contributed by atoms with Crippen LogP contribution in [0.15, 0.2) is 41.5 Å². The highest BCUT2D eigenvalue weighted by Crippen LogP contribution is 2.49. The molecule has 112 valence electrons. The van der Waals surface area contributed by atoms with E-state index < -0.39 is 0 Å². The third-order valence-electron chi connectivity index (χ3n) is 4.95. The van der Waals surface area contributed by atoms with Gasteiger partial charge in [-0.3, -0.25) is 9.59 Å². The highest BCUT2D eigenvalue weighted by Gasteiger charge is 2.56. The van der Waals surface area contributed by atoms with E-state index in [0.29, 0.717) is 0 Å². The van der Waals surface area contributed by atoms with Crippen molar-refractivity contribution in [1.29, 1.82) is 0 Å². The summed E-state index contributed by atoms with van der Waals surface area (Å²) in [6.07, 6.45) is 7.64. The van der Waals surface area contributed by atoms with E-state index in [0.717, 1.165) is 23.4 Å². The monoisotopic (exact) mass is 296 g/mol. The molecule has 1 aromatic carbocycles. The molecular formula is C17H16N2O3. The van der Waals surface area contributed by atoms with Crippen molar-refractivity contribution in [2.75, 3.05) is 0 Å². The van der Waals surface area contributed by atoms with Crippen molar-refractivity contribution in [2.45, 2.75) is 12.8 Å². The number of hydrogen-bond donors (Lipinski definition) is 1. The van der Waals surface area contributed by atoms with E-state index in [1.165, 1.54) is 6.21 Å². The normalized spacial score (nSPS) is 33.0. The number of rotatable bonds is 2. The van der Waals surface area contributed by atoms with Gasteiger partial charge in [-0.2, -0.15) is 10.1 Å². The molecule has 1 aromatic rings. The lowest BCUT2D eigenvalue weighted by atomic mass is 9.63. The van der Waals surface area contributed by atoms with Crippen LogP contribution >= 0.6 is 0 Å². The van der Waals surface area contributed by atoms with E-state index in [2.05, 4.69) is 17.3 Å². The number of allylic oxidation sites excluding steroid dienone is 2. The van der Waals surface area contributed by atoms with E-state index in [4.69, 9.17) is 0 Å². The molecule has 3 aliphatic carbocycles. The molecule has 0 radical (unpaired) electrons. The second kappa shape index (κ2) is 4.80. The first-order valence-corrected chi connectivity index (χ1v) is 7.54. The molecule has 1 aliphatic heterocycles. The standard InChI is InChI=1S/C17H16N2O3/c20-13-7-1-10(2-8-13)9-18-19-16(21)14-11-3-4-12(6-5-11)15(14)17(19)22/h1-4,7-9,11-12,14-15,20H,5-6H2/b18-9-/t11-,12+,14-,15+. The first kappa shape index (κ1) is 13.2. The Balaban J connectivity index is 1.60. The van der Waals surface area contributed by atoms with E-state index in [-0.39, 0.29) is 41.2 Å². The average molecular weight is 296 g/mol. The lowest BCUT2D eigenvalue weighted by Crippen LogP contribution is -2.38. The Morgan fingerprint density at radius 1 is 1.00 bits per heavy atom. The van der Waals surface area contributed by atoms with Gasteiger partial charge in [0.15, 0.2) is 0 Å². The summed E-state index contributed by atoms with van der Waals surface area (Å²) >= 11 is 0. The van der Waals surface area contributed by atoms with Gasteiger partial charge in [0.2, 0.25) is 0 Å². The van der Waals surface area contributed by atoms with E-state index >= 15 is 0 Å². The zero-order chi connectivity index (χ0) is 15.3. The van der Waals surface area contributed by atoms with Crippen LogP contribution in [0.5, 0.6) is 5.75 Å². The number of carbonyl (C=O) groups excluding carboxylic acids is 2. The summed E-state index contributed by atoms with van der Waals surface area (Å²) in [5.74, 6) is -0.283.